The van der Waals surface area contributed by atoms with Gasteiger partial charge in [0.1, 0.15) is 5.60 Å². The van der Waals surface area contributed by atoms with E-state index in [4.69, 9.17) is 18.4 Å². The van der Waals surface area contributed by atoms with Crippen LogP contribution < -0.4 is 0 Å². The zero-order valence-corrected chi connectivity index (χ0v) is 9.67. The summed E-state index contributed by atoms with van der Waals surface area (Å²) in [5, 5.41) is 4.10. The third-order valence-corrected chi connectivity index (χ3v) is 2.60. The van der Waals surface area contributed by atoms with Gasteiger partial charge in [-0.25, -0.2) is 0 Å². The monoisotopic (exact) mass is 222 g/mol. The van der Waals surface area contributed by atoms with Crippen molar-refractivity contribution in [3.05, 3.63) is 0 Å². The lowest BCUT2D eigenvalue weighted by atomic mass is 10.1. The predicted octanol–water partition coefficient (Wildman–Crippen LogP) is 1.32. The topological polar surface area (TPSA) is 51.2 Å². The van der Waals surface area contributed by atoms with Crippen LogP contribution in [0.25, 0.3) is 0 Å². The summed E-state index contributed by atoms with van der Waals surface area (Å²) in [5.74, 6) is -0.591. The maximum Gasteiger partial charge on any atom is 0.210 e. The Morgan fingerprint density at radius 3 is 2.87 bits per heavy atom. The van der Waals surface area contributed by atoms with Gasteiger partial charge in [0.25, 0.3) is 0 Å². The lowest BCUT2D eigenvalue weighted by molar-refractivity contribution is -0.197. The molecule has 0 saturated carbocycles. The minimum atomic E-state index is -2.04. The van der Waals surface area contributed by atoms with Crippen LogP contribution in [0.2, 0.25) is 0 Å². The van der Waals surface area contributed by atoms with Crippen molar-refractivity contribution in [3.63, 3.8) is 0 Å². The normalized spacial score (nSPS) is 29.4. The van der Waals surface area contributed by atoms with Crippen LogP contribution in [0.1, 0.15) is 35.9 Å². The van der Waals surface area contributed by atoms with Crippen molar-refractivity contribution >= 4 is 0 Å². The van der Waals surface area contributed by atoms with Gasteiger partial charge in [0.15, 0.2) is 5.79 Å². The van der Waals surface area contributed by atoms with Crippen LogP contribution in [-0.2, 0) is 14.2 Å². The second kappa shape index (κ2) is 5.25. The maximum absolute atomic E-state index is 7.53. The first-order valence-electron chi connectivity index (χ1n) is 6.67. The van der Waals surface area contributed by atoms with Gasteiger partial charge in [-0.1, -0.05) is 0 Å². The molecule has 1 heterocycles. The summed E-state index contributed by atoms with van der Waals surface area (Å²) in [7, 11) is 1.59. The Kier molecular flexibility index (Phi) is 3.13. The highest BCUT2D eigenvalue weighted by Crippen LogP contribution is 2.31. The average molecular weight is 222 g/mol. The molecular weight excluding hydrogens is 197 g/mol. The number of epoxide rings is 1. The van der Waals surface area contributed by atoms with E-state index >= 15 is 0 Å². The molecule has 0 bridgehead atoms. The summed E-state index contributed by atoms with van der Waals surface area (Å²) < 4.78 is 37.5. The highest BCUT2D eigenvalue weighted by Gasteiger charge is 2.43. The highest BCUT2D eigenvalue weighted by molar-refractivity contribution is 4.90. The Morgan fingerprint density at radius 2 is 2.33 bits per heavy atom. The van der Waals surface area contributed by atoms with Crippen LogP contribution >= 0.6 is 0 Å². The van der Waals surface area contributed by atoms with E-state index < -0.39 is 17.9 Å². The van der Waals surface area contributed by atoms with Gasteiger partial charge >= 0.3 is 0 Å². The highest BCUT2D eigenvalue weighted by atomic mass is 16.7. The molecule has 1 aliphatic heterocycles. The van der Waals surface area contributed by atoms with Crippen molar-refractivity contribution in [1.82, 2.24) is 0 Å². The molecule has 0 spiro atoms. The average Bonchev–Trinajstić information content (AvgIpc) is 3.10. The van der Waals surface area contributed by atoms with Crippen molar-refractivity contribution in [2.45, 2.75) is 44.5 Å². The Labute approximate surface area is 95.8 Å². The van der Waals surface area contributed by atoms with Gasteiger partial charge in [-0.3, -0.25) is 0 Å². The first-order valence-corrected chi connectivity index (χ1v) is 5.26. The first-order chi connectivity index (χ1) is 8.29. The molecule has 0 aromatic carbocycles. The molecule has 0 aromatic rings. The molecule has 0 aromatic heterocycles. The summed E-state index contributed by atoms with van der Waals surface area (Å²) in [6, 6.07) is 0. The molecule has 1 atom stereocenters. The number of hydrogen-bond acceptors (Lipinski definition) is 4. The predicted molar refractivity (Wildman–Crippen MR) is 56.7 cm³/mol. The van der Waals surface area contributed by atoms with Crippen LogP contribution in [-0.4, -0.2) is 44.8 Å². The van der Waals surface area contributed by atoms with Crippen molar-refractivity contribution in [2.24, 2.45) is 0 Å². The molecule has 1 saturated heterocycles. The second-order valence-electron chi connectivity index (χ2n) is 4.29. The van der Waals surface area contributed by atoms with Crippen molar-refractivity contribution < 1.29 is 22.1 Å². The van der Waals surface area contributed by atoms with Gasteiger partial charge in [-0.15, -0.1) is 0 Å². The number of unbranched alkanes of at least 4 members (excludes halogenated alkanes) is 1. The zero-order valence-electron chi connectivity index (χ0n) is 12.7. The van der Waals surface area contributed by atoms with E-state index in [1.807, 2.05) is 13.8 Å². The van der Waals surface area contributed by atoms with E-state index in [-0.39, 0.29) is 0 Å². The fourth-order valence-corrected chi connectivity index (χ4v) is 1.23. The molecule has 0 aliphatic carbocycles. The summed E-state index contributed by atoms with van der Waals surface area (Å²) in [4.78, 5) is 0. The minimum absolute atomic E-state index is 0.309. The standard InChI is InChI=1S/C11H22O4/c1-10(2,13-3)14-7-5-4-6-11(8-12)9-15-11/h12H,4-9H2,1-3H3/t11-/m0/s1/i8+1D2,12D. The number of methoxy groups -OCH3 is 1. The van der Waals surface area contributed by atoms with Crippen LogP contribution in [0, 0.1) is 0 Å². The fourth-order valence-electron chi connectivity index (χ4n) is 1.23. The van der Waals surface area contributed by atoms with E-state index in [1.165, 1.54) is 0 Å². The van der Waals surface area contributed by atoms with Crippen LogP contribution in [0.4, 0.5) is 0 Å². The van der Waals surface area contributed by atoms with E-state index in [2.05, 4.69) is 5.11 Å². The molecule has 15 heavy (non-hydrogen) atoms. The van der Waals surface area contributed by atoms with Crippen LogP contribution in [0.15, 0.2) is 0 Å². The van der Waals surface area contributed by atoms with Gasteiger partial charge in [-0.2, -0.15) is 0 Å². The van der Waals surface area contributed by atoms with Crippen molar-refractivity contribution in [2.75, 3.05) is 26.9 Å². The Hall–Kier alpha value is -0.160. The van der Waals surface area contributed by atoms with Crippen molar-refractivity contribution in [1.29, 1.82) is 1.43 Å². The first kappa shape index (κ1) is 8.93. The fraction of sp³-hybridized carbons (Fsp3) is 1.00. The van der Waals surface area contributed by atoms with Crippen LogP contribution in [0.3, 0.4) is 0 Å². The molecule has 90 valence electrons. The lowest BCUT2D eigenvalue weighted by Gasteiger charge is -2.23. The summed E-state index contributed by atoms with van der Waals surface area (Å²) in [5.41, 5.74) is -0.939. The third kappa shape index (κ3) is 4.47. The molecule has 4 heteroatoms. The van der Waals surface area contributed by atoms with Gasteiger partial charge in [0.05, 0.1) is 15.9 Å². The molecule has 0 unspecified atom stereocenters. The van der Waals surface area contributed by atoms with E-state index in [0.717, 1.165) is 12.8 Å². The largest absolute Gasteiger partial charge is 0.393 e. The number of ether oxygens (including phenoxy) is 3. The SMILES string of the molecule is [2H]O[13C]([2H])([2H])[C@@]1(CCCCOC(C)(C)OC)CO1. The molecule has 1 rings (SSSR count). The zero-order chi connectivity index (χ0) is 13.9. The van der Waals surface area contributed by atoms with Crippen LogP contribution in [0.5, 0.6) is 0 Å². The molecular formula is C11H22O4. The number of rotatable bonds is 9. The summed E-state index contributed by atoms with van der Waals surface area (Å²) >= 11 is 0. The molecule has 4 nitrogen and oxygen atoms in total. The van der Waals surface area contributed by atoms with E-state index in [9.17, 15) is 0 Å². The van der Waals surface area contributed by atoms with Gasteiger partial charge in [-0.05, 0) is 33.1 Å². The van der Waals surface area contributed by atoms with E-state index in [1.54, 1.807) is 7.11 Å². The Bertz CT molecular complexity index is 267. The van der Waals surface area contributed by atoms with Gasteiger partial charge in [0, 0.05) is 13.7 Å². The maximum atomic E-state index is 7.53. The second-order valence-corrected chi connectivity index (χ2v) is 4.29. The molecule has 0 amide bonds. The quantitative estimate of drug-likeness (QED) is 0.277. The molecule has 1 N–H and O–H groups in total. The lowest BCUT2D eigenvalue weighted by Crippen LogP contribution is -2.27. The van der Waals surface area contributed by atoms with Gasteiger partial charge < -0.3 is 19.3 Å². The number of aliphatic hydroxyl groups is 1. The van der Waals surface area contributed by atoms with Gasteiger partial charge in [0.2, 0.25) is 1.43 Å². The molecule has 1 fully saturated rings. The van der Waals surface area contributed by atoms with E-state index in [0.29, 0.717) is 19.6 Å². The molecule has 0 radical (unpaired) electrons. The Morgan fingerprint density at radius 1 is 1.60 bits per heavy atom. The minimum Gasteiger partial charge on any atom is -0.393 e. The third-order valence-electron chi connectivity index (χ3n) is 2.60. The number of hydrogen-bond donors (Lipinski definition) is 1. The smallest absolute Gasteiger partial charge is 0.210 e. The molecule has 1 aliphatic rings. The summed E-state index contributed by atoms with van der Waals surface area (Å²) in [6.45, 7) is 2.49. The van der Waals surface area contributed by atoms with Crippen molar-refractivity contribution in [3.8, 4) is 0 Å². The Balaban J connectivity index is 2.19. The summed E-state index contributed by atoms with van der Waals surface area (Å²) in [6.07, 6.45) is 2.06.